The summed E-state index contributed by atoms with van der Waals surface area (Å²) in [4.78, 5) is 24.0. The molecule has 3 heterocycles. The lowest BCUT2D eigenvalue weighted by molar-refractivity contribution is -0.0135. The Bertz CT molecular complexity index is 1140. The van der Waals surface area contributed by atoms with Gasteiger partial charge in [0, 0.05) is 14.3 Å². The van der Waals surface area contributed by atoms with E-state index in [9.17, 15) is 4.79 Å². The van der Waals surface area contributed by atoms with Gasteiger partial charge in [-0.05, 0) is 78.3 Å². The van der Waals surface area contributed by atoms with Crippen LogP contribution < -0.4 is 10.0 Å². The molecule has 0 bridgehead atoms. The fourth-order valence-corrected chi connectivity index (χ4v) is 4.61. The Labute approximate surface area is 238 Å². The standard InChI is InChI=1S/C24H37B2N6O4S2/c1-7-10-15(2)34-21-29-19(28-14-26-25)20-27-13-17(32(20)30-21)18(35-23(37)38-6)16-11-8-9-12-31(16)22(33)36-24(3,4)5/h13,15-16,18H,7-12,14H2,1-6H3,(H,28,29,30)/t15-,16?,18?/m0/s1/i/hD. The number of imidazole rings is 1. The Morgan fingerprint density at radius 2 is 2.21 bits per heavy atom. The molecule has 1 aliphatic rings. The van der Waals surface area contributed by atoms with Crippen molar-refractivity contribution in [2.75, 3.05) is 24.6 Å². The third-order valence-electron chi connectivity index (χ3n) is 5.91. The van der Waals surface area contributed by atoms with Gasteiger partial charge in [0.15, 0.2) is 19.0 Å². The van der Waals surface area contributed by atoms with E-state index >= 15 is 0 Å². The highest BCUT2D eigenvalue weighted by molar-refractivity contribution is 8.22. The summed E-state index contributed by atoms with van der Waals surface area (Å²) in [6.07, 6.45) is 6.52. The van der Waals surface area contributed by atoms with Crippen molar-refractivity contribution in [3.05, 3.63) is 11.9 Å². The lowest BCUT2D eigenvalue weighted by atomic mass is 9.56. The molecule has 3 atom stereocenters. The van der Waals surface area contributed by atoms with Gasteiger partial charge in [0.1, 0.15) is 11.3 Å². The lowest BCUT2D eigenvalue weighted by Gasteiger charge is -2.40. The molecule has 14 heteroatoms. The molecule has 38 heavy (non-hydrogen) atoms. The summed E-state index contributed by atoms with van der Waals surface area (Å²) in [5.41, 5.74) is 0.248. The quantitative estimate of drug-likeness (QED) is 0.334. The molecule has 1 saturated heterocycles. The Morgan fingerprint density at radius 3 is 2.87 bits per heavy atom. The van der Waals surface area contributed by atoms with Crippen LogP contribution in [0.2, 0.25) is 1.41 Å². The number of carbonyl (C=O) groups is 1. The van der Waals surface area contributed by atoms with Gasteiger partial charge in [0.25, 0.3) is 0 Å². The van der Waals surface area contributed by atoms with Crippen molar-refractivity contribution in [3.8, 4) is 6.01 Å². The van der Waals surface area contributed by atoms with Gasteiger partial charge in [0.05, 0.1) is 25.5 Å². The number of hydrogen-bond acceptors (Lipinski definition) is 10. The maximum absolute atomic E-state index is 13.3. The Kier molecular flexibility index (Phi) is 10.4. The third-order valence-corrected chi connectivity index (χ3v) is 6.93. The molecule has 1 N–H and O–H groups in total. The number of nitrogens with zero attached hydrogens (tertiary/aromatic N) is 5. The number of fused-ring (bicyclic) bond motifs is 1. The molecule has 1 aliphatic heterocycles. The summed E-state index contributed by atoms with van der Waals surface area (Å²) in [7, 11) is 6.96. The summed E-state index contributed by atoms with van der Waals surface area (Å²) < 4.78 is 28.4. The number of thioether (sulfide) groups is 1. The number of amides is 1. The monoisotopic (exact) mass is 560 g/mol. The van der Waals surface area contributed by atoms with Crippen LogP contribution in [0, 0.1) is 0 Å². The maximum atomic E-state index is 13.3. The molecule has 0 aliphatic carbocycles. The average molecular weight is 560 g/mol. The Morgan fingerprint density at radius 1 is 1.45 bits per heavy atom. The van der Waals surface area contributed by atoms with Gasteiger partial charge >= 0.3 is 12.1 Å². The minimum Gasteiger partial charge on any atom is -0.466 e. The predicted octanol–water partition coefficient (Wildman–Crippen LogP) is 4.34. The molecule has 1 amide bonds. The molecule has 205 valence electrons. The van der Waals surface area contributed by atoms with Crippen molar-refractivity contribution in [2.45, 2.75) is 90.6 Å². The molecular formula is C24H37B2N6O4S2. The number of ether oxygens (including phenoxy) is 3. The van der Waals surface area contributed by atoms with Crippen LogP contribution in [0.3, 0.4) is 0 Å². The van der Waals surface area contributed by atoms with E-state index < -0.39 is 17.8 Å². The second-order valence-corrected chi connectivity index (χ2v) is 11.6. The molecule has 2 unspecified atom stereocenters. The number of hydrogen-bond donors (Lipinski definition) is 1. The minimum absolute atomic E-state index is 0.103. The number of thiocarbonyl (C=S) groups is 1. The van der Waals surface area contributed by atoms with E-state index in [2.05, 4.69) is 22.0 Å². The zero-order valence-corrected chi connectivity index (χ0v) is 24.7. The highest BCUT2D eigenvalue weighted by Gasteiger charge is 2.39. The molecule has 0 aromatic carbocycles. The molecule has 3 rings (SSSR count). The molecular weight excluding hydrogens is 522 g/mol. The Hall–Kier alpha value is -2.21. The largest absolute Gasteiger partial charge is 0.466 e. The van der Waals surface area contributed by atoms with Gasteiger partial charge < -0.3 is 24.4 Å². The first-order valence-corrected chi connectivity index (χ1v) is 14.6. The van der Waals surface area contributed by atoms with Crippen molar-refractivity contribution in [3.63, 3.8) is 0 Å². The number of piperidine rings is 1. The highest BCUT2D eigenvalue weighted by atomic mass is 32.2. The van der Waals surface area contributed by atoms with Crippen molar-refractivity contribution < 1.29 is 20.4 Å². The first-order valence-electron chi connectivity index (χ1n) is 13.4. The van der Waals surface area contributed by atoms with E-state index in [1.165, 1.54) is 18.9 Å². The molecule has 10 nitrogen and oxygen atoms in total. The van der Waals surface area contributed by atoms with Crippen LogP contribution in [0.1, 0.15) is 78.5 Å². The highest BCUT2D eigenvalue weighted by Crippen LogP contribution is 2.35. The normalized spacial score (nSPS) is 17.9. The van der Waals surface area contributed by atoms with Gasteiger partial charge in [-0.25, -0.2) is 14.3 Å². The maximum Gasteiger partial charge on any atom is 0.410 e. The number of anilines is 1. The van der Waals surface area contributed by atoms with E-state index in [4.69, 9.17) is 35.6 Å². The number of nitrogens with one attached hydrogen (secondary N) is 1. The van der Waals surface area contributed by atoms with Crippen molar-refractivity contribution in [1.82, 2.24) is 24.5 Å². The molecule has 1 fully saturated rings. The molecule has 2 aromatic rings. The predicted molar refractivity (Wildman–Crippen MR) is 156 cm³/mol. The first kappa shape index (κ1) is 28.8. The zero-order chi connectivity index (χ0) is 28.7. The SMILES string of the molecule is [2H]N(C[B][B])c1nc(O[C@@H](C)CCC)nn2c(C(OC(=S)SC)C3CCCCN3C(=O)OC(C)(C)C)cnc12. The molecule has 2 aromatic heterocycles. The topological polar surface area (TPSA) is 103 Å². The van der Waals surface area contributed by atoms with E-state index in [1.807, 2.05) is 34.0 Å². The van der Waals surface area contributed by atoms with Crippen LogP contribution in [-0.4, -0.2) is 86.9 Å². The molecule has 0 saturated carbocycles. The third kappa shape index (κ3) is 7.91. The number of rotatable bonds is 10. The van der Waals surface area contributed by atoms with E-state index in [0.717, 1.165) is 31.0 Å². The number of aromatic nitrogens is 4. The van der Waals surface area contributed by atoms with Gasteiger partial charge in [-0.3, -0.25) is 0 Å². The number of likely N-dealkylation sites (tertiary alicyclic amines) is 1. The summed E-state index contributed by atoms with van der Waals surface area (Å²) in [6, 6.07) is -0.282. The summed E-state index contributed by atoms with van der Waals surface area (Å²) in [5, 5.41) is 5.77. The van der Waals surface area contributed by atoms with Gasteiger partial charge in [0.2, 0.25) is 4.38 Å². The van der Waals surface area contributed by atoms with Gasteiger partial charge in [-0.1, -0.05) is 25.1 Å². The second kappa shape index (κ2) is 13.7. The van der Waals surface area contributed by atoms with Crippen LogP contribution in [0.5, 0.6) is 6.01 Å². The molecule has 3 radical (unpaired) electrons. The number of carbonyl (C=O) groups excluding carboxylic acids is 1. The average Bonchev–Trinajstić information content (AvgIpc) is 3.29. The Balaban J connectivity index is 2.14. The van der Waals surface area contributed by atoms with Crippen LogP contribution in [0.15, 0.2) is 6.20 Å². The van der Waals surface area contributed by atoms with Crippen molar-refractivity contribution >= 4 is 60.8 Å². The lowest BCUT2D eigenvalue weighted by Crippen LogP contribution is -2.49. The first-order chi connectivity index (χ1) is 18.5. The van der Waals surface area contributed by atoms with Gasteiger partial charge in [-0.15, -0.1) is 5.10 Å². The van der Waals surface area contributed by atoms with E-state index in [1.54, 1.807) is 15.6 Å². The van der Waals surface area contributed by atoms with Crippen LogP contribution in [0.25, 0.3) is 5.65 Å². The van der Waals surface area contributed by atoms with Gasteiger partial charge in [-0.2, -0.15) is 4.98 Å². The fourth-order valence-electron chi connectivity index (χ4n) is 4.31. The second-order valence-electron chi connectivity index (χ2n) is 10.2. The minimum atomic E-state index is -0.698. The van der Waals surface area contributed by atoms with Crippen LogP contribution >= 0.6 is 24.0 Å². The van der Waals surface area contributed by atoms with Crippen molar-refractivity contribution in [1.29, 1.82) is 0 Å². The van der Waals surface area contributed by atoms with Crippen LogP contribution in [0.4, 0.5) is 10.6 Å². The van der Waals surface area contributed by atoms with Crippen LogP contribution in [-0.2, 0) is 9.47 Å². The fraction of sp³-hybridized carbons (Fsp3) is 0.708. The van der Waals surface area contributed by atoms with E-state index in [0.29, 0.717) is 28.7 Å². The smallest absolute Gasteiger partial charge is 0.410 e. The van der Waals surface area contributed by atoms with Crippen molar-refractivity contribution in [2.24, 2.45) is 0 Å². The summed E-state index contributed by atoms with van der Waals surface area (Å²) >= 11 is 6.77. The molecule has 0 spiro atoms. The van der Waals surface area contributed by atoms with E-state index in [-0.39, 0.29) is 30.4 Å². The summed E-state index contributed by atoms with van der Waals surface area (Å²) in [6.45, 7) is 10.1. The zero-order valence-electron chi connectivity index (χ0n) is 24.0. The summed E-state index contributed by atoms with van der Waals surface area (Å²) in [5.74, 6) is 0.232.